The number of rotatable bonds is 4. The van der Waals surface area contributed by atoms with Gasteiger partial charge in [0.2, 0.25) is 0 Å². The molecule has 3 aromatic carbocycles. The van der Waals surface area contributed by atoms with E-state index in [0.29, 0.717) is 0 Å². The van der Waals surface area contributed by atoms with Crippen molar-refractivity contribution in [2.45, 2.75) is 18.3 Å². The first-order valence-corrected chi connectivity index (χ1v) is 9.28. The van der Waals surface area contributed by atoms with Crippen molar-refractivity contribution < 1.29 is 0 Å². The van der Waals surface area contributed by atoms with Gasteiger partial charge in [-0.2, -0.15) is 0 Å². The van der Waals surface area contributed by atoms with Gasteiger partial charge in [0, 0.05) is 21.5 Å². The van der Waals surface area contributed by atoms with E-state index in [1.807, 2.05) is 0 Å². The largest absolute Gasteiger partial charge is 0.310 e. The van der Waals surface area contributed by atoms with Crippen LogP contribution in [0.3, 0.4) is 0 Å². The zero-order valence-corrected chi connectivity index (χ0v) is 15.6. The van der Waals surface area contributed by atoms with Crippen LogP contribution in [0.15, 0.2) is 72.8 Å². The molecule has 0 atom stereocenters. The molecule has 0 N–H and O–H groups in total. The molecule has 0 saturated carbocycles. The van der Waals surface area contributed by atoms with Crippen molar-refractivity contribution in [3.05, 3.63) is 89.5 Å². The molecule has 0 amide bonds. The molecule has 0 spiro atoms. The monoisotopic (exact) mass is 413 g/mol. The van der Waals surface area contributed by atoms with Gasteiger partial charge in [-0.05, 0) is 66.9 Å². The van der Waals surface area contributed by atoms with Gasteiger partial charge in [0.15, 0.2) is 0 Å². The van der Waals surface area contributed by atoms with E-state index in [9.17, 15) is 0 Å². The quantitative estimate of drug-likeness (QED) is 0.340. The second-order valence-electron chi connectivity index (χ2n) is 5.81. The molecule has 3 aromatic rings. The van der Waals surface area contributed by atoms with Gasteiger partial charge in [-0.15, -0.1) is 0 Å². The average molecular weight is 413 g/mol. The van der Waals surface area contributed by atoms with E-state index in [1.54, 1.807) is 0 Å². The first-order chi connectivity index (χ1) is 11.2. The van der Waals surface area contributed by atoms with E-state index >= 15 is 0 Å². The number of halogens is 1. The molecule has 0 radical (unpaired) electrons. The molecule has 0 unspecified atom stereocenters. The van der Waals surface area contributed by atoms with Gasteiger partial charge in [-0.25, -0.2) is 0 Å². The fraction of sp³-hybridized carbons (Fsp3) is 0.143. The molecule has 0 aliphatic heterocycles. The maximum Gasteiger partial charge on any atom is 0.0464 e. The summed E-state index contributed by atoms with van der Waals surface area (Å²) in [7, 11) is 0. The summed E-state index contributed by atoms with van der Waals surface area (Å²) in [6, 6.07) is 26.1. The van der Waals surface area contributed by atoms with Crippen LogP contribution in [0.4, 0.5) is 17.1 Å². The smallest absolute Gasteiger partial charge is 0.0464 e. The number of aryl methyl sites for hydroxylation is 2. The van der Waals surface area contributed by atoms with E-state index in [-0.39, 0.29) is 0 Å². The predicted molar refractivity (Wildman–Crippen MR) is 108 cm³/mol. The number of alkyl halides is 1. The molecular formula is C21H20IN. The van der Waals surface area contributed by atoms with Crippen molar-refractivity contribution in [1.82, 2.24) is 0 Å². The highest BCUT2D eigenvalue weighted by molar-refractivity contribution is 14.1. The minimum absolute atomic E-state index is 1.03. The third kappa shape index (κ3) is 3.75. The summed E-state index contributed by atoms with van der Waals surface area (Å²) >= 11 is 2.40. The van der Waals surface area contributed by atoms with Crippen molar-refractivity contribution in [2.24, 2.45) is 0 Å². The molecule has 0 aromatic heterocycles. The molecular weight excluding hydrogens is 393 g/mol. The topological polar surface area (TPSA) is 3.24 Å². The van der Waals surface area contributed by atoms with Crippen molar-refractivity contribution in [3.8, 4) is 0 Å². The lowest BCUT2D eigenvalue weighted by Gasteiger charge is -2.26. The second kappa shape index (κ2) is 7.18. The molecule has 3 rings (SSSR count). The van der Waals surface area contributed by atoms with Gasteiger partial charge >= 0.3 is 0 Å². The van der Waals surface area contributed by atoms with Crippen LogP contribution in [0.25, 0.3) is 0 Å². The summed E-state index contributed by atoms with van der Waals surface area (Å²) < 4.78 is 1.03. The predicted octanol–water partition coefficient (Wildman–Crippen LogP) is 6.71. The van der Waals surface area contributed by atoms with E-state index < -0.39 is 0 Å². The van der Waals surface area contributed by atoms with E-state index in [2.05, 4.69) is 114 Å². The molecule has 2 heteroatoms. The zero-order chi connectivity index (χ0) is 16.2. The fourth-order valence-electron chi connectivity index (χ4n) is 2.72. The van der Waals surface area contributed by atoms with Crippen LogP contribution in [-0.4, -0.2) is 0 Å². The standard InChI is InChI=1S/C21H20IN/c1-16-5-3-7-20(13-16)23(21-8-4-6-17(2)14-21)19-11-9-18(15-22)10-12-19/h3-14H,15H2,1-2H3. The Bertz CT molecular complexity index is 747. The number of anilines is 3. The minimum Gasteiger partial charge on any atom is -0.310 e. The fourth-order valence-corrected chi connectivity index (χ4v) is 3.22. The first-order valence-electron chi connectivity index (χ1n) is 7.76. The molecule has 0 saturated heterocycles. The highest BCUT2D eigenvalue weighted by Crippen LogP contribution is 2.35. The normalized spacial score (nSPS) is 10.6. The summed E-state index contributed by atoms with van der Waals surface area (Å²) in [4.78, 5) is 2.32. The highest BCUT2D eigenvalue weighted by Gasteiger charge is 2.12. The zero-order valence-electron chi connectivity index (χ0n) is 13.5. The molecule has 23 heavy (non-hydrogen) atoms. The van der Waals surface area contributed by atoms with Crippen LogP contribution in [0.2, 0.25) is 0 Å². The summed E-state index contributed by atoms with van der Waals surface area (Å²) in [5, 5.41) is 0. The Kier molecular flexibility index (Phi) is 5.01. The van der Waals surface area contributed by atoms with Crippen LogP contribution in [0.1, 0.15) is 16.7 Å². The summed E-state index contributed by atoms with van der Waals surface area (Å²) in [6.07, 6.45) is 0. The van der Waals surface area contributed by atoms with Gasteiger partial charge < -0.3 is 4.90 Å². The lowest BCUT2D eigenvalue weighted by atomic mass is 10.1. The summed E-state index contributed by atoms with van der Waals surface area (Å²) in [5.41, 5.74) is 7.46. The van der Waals surface area contributed by atoms with E-state index in [4.69, 9.17) is 0 Å². The summed E-state index contributed by atoms with van der Waals surface area (Å²) in [6.45, 7) is 4.27. The molecule has 0 aliphatic rings. The van der Waals surface area contributed by atoms with E-state index in [1.165, 1.54) is 33.8 Å². The van der Waals surface area contributed by atoms with Crippen LogP contribution < -0.4 is 4.90 Å². The van der Waals surface area contributed by atoms with E-state index in [0.717, 1.165) is 4.43 Å². The molecule has 0 heterocycles. The van der Waals surface area contributed by atoms with Crippen molar-refractivity contribution in [3.63, 3.8) is 0 Å². The lowest BCUT2D eigenvalue weighted by molar-refractivity contribution is 1.25. The van der Waals surface area contributed by atoms with Crippen LogP contribution in [0, 0.1) is 13.8 Å². The number of hydrogen-bond acceptors (Lipinski definition) is 1. The van der Waals surface area contributed by atoms with Gasteiger partial charge in [0.1, 0.15) is 0 Å². The second-order valence-corrected chi connectivity index (χ2v) is 6.58. The Morgan fingerprint density at radius 3 is 1.65 bits per heavy atom. The first kappa shape index (κ1) is 16.1. The SMILES string of the molecule is Cc1cccc(N(c2ccc(CI)cc2)c2cccc(C)c2)c1. The van der Waals surface area contributed by atoms with Gasteiger partial charge in [-0.1, -0.05) is 59.0 Å². The van der Waals surface area contributed by atoms with Crippen LogP contribution in [-0.2, 0) is 4.43 Å². The van der Waals surface area contributed by atoms with Gasteiger partial charge in [0.25, 0.3) is 0 Å². The molecule has 0 aliphatic carbocycles. The Morgan fingerprint density at radius 1 is 0.696 bits per heavy atom. The third-order valence-electron chi connectivity index (χ3n) is 3.87. The van der Waals surface area contributed by atoms with Crippen molar-refractivity contribution >= 4 is 39.7 Å². The van der Waals surface area contributed by atoms with Crippen LogP contribution in [0.5, 0.6) is 0 Å². The third-order valence-corrected chi connectivity index (χ3v) is 4.75. The lowest BCUT2D eigenvalue weighted by Crippen LogP contribution is -2.10. The Balaban J connectivity index is 2.12. The van der Waals surface area contributed by atoms with Crippen LogP contribution >= 0.6 is 22.6 Å². The molecule has 1 nitrogen and oxygen atoms in total. The number of benzene rings is 3. The number of nitrogens with zero attached hydrogens (tertiary/aromatic N) is 1. The maximum absolute atomic E-state index is 2.40. The van der Waals surface area contributed by atoms with Crippen molar-refractivity contribution in [2.75, 3.05) is 4.90 Å². The Hall–Kier alpha value is -1.81. The molecule has 0 fully saturated rings. The summed E-state index contributed by atoms with van der Waals surface area (Å²) in [5.74, 6) is 0. The Labute approximate surface area is 152 Å². The average Bonchev–Trinajstić information content (AvgIpc) is 2.56. The van der Waals surface area contributed by atoms with Gasteiger partial charge in [0.05, 0.1) is 0 Å². The van der Waals surface area contributed by atoms with Crippen molar-refractivity contribution in [1.29, 1.82) is 0 Å². The van der Waals surface area contributed by atoms with Gasteiger partial charge in [-0.3, -0.25) is 0 Å². The maximum atomic E-state index is 2.40. The molecule has 0 bridgehead atoms. The highest BCUT2D eigenvalue weighted by atomic mass is 127. The number of hydrogen-bond donors (Lipinski definition) is 0. The minimum atomic E-state index is 1.03. The molecule has 116 valence electrons. The Morgan fingerprint density at radius 2 is 1.22 bits per heavy atom.